The van der Waals surface area contributed by atoms with Crippen molar-refractivity contribution in [3.63, 3.8) is 0 Å². The highest BCUT2D eigenvalue weighted by molar-refractivity contribution is 7.87. The van der Waals surface area contributed by atoms with Gasteiger partial charge in [0, 0.05) is 17.5 Å². The minimum absolute atomic E-state index is 0.194. The van der Waals surface area contributed by atoms with Crippen LogP contribution in [0.2, 0.25) is 0 Å². The molecule has 0 aromatic heterocycles. The summed E-state index contributed by atoms with van der Waals surface area (Å²) in [6, 6.07) is 8.44. The van der Waals surface area contributed by atoms with Crippen LogP contribution in [-0.4, -0.2) is 49.8 Å². The van der Waals surface area contributed by atoms with Crippen LogP contribution < -0.4 is 23.7 Å². The Morgan fingerprint density at radius 1 is 0.968 bits per heavy atom. The lowest BCUT2D eigenvalue weighted by molar-refractivity contribution is -0.144. The SMILES string of the molecule is COc1cc(OC)c(C=CS(=O)Cc2ccc(OC)c(OC(C)C(=O)O)c2)c(OC)c1. The second kappa shape index (κ2) is 11.3. The van der Waals surface area contributed by atoms with Gasteiger partial charge in [-0.2, -0.15) is 0 Å². The average Bonchev–Trinajstić information content (AvgIpc) is 2.77. The van der Waals surface area contributed by atoms with Crippen LogP contribution in [0, 0.1) is 0 Å². The number of rotatable bonds is 11. The van der Waals surface area contributed by atoms with E-state index in [4.69, 9.17) is 28.8 Å². The average molecular weight is 451 g/mol. The van der Waals surface area contributed by atoms with Crippen LogP contribution in [0.3, 0.4) is 0 Å². The number of methoxy groups -OCH3 is 4. The molecule has 0 aliphatic heterocycles. The molecule has 0 fully saturated rings. The van der Waals surface area contributed by atoms with E-state index in [1.165, 1.54) is 33.7 Å². The summed E-state index contributed by atoms with van der Waals surface area (Å²) >= 11 is 0. The number of hydrogen-bond acceptors (Lipinski definition) is 7. The van der Waals surface area contributed by atoms with Crippen LogP contribution in [0.1, 0.15) is 18.1 Å². The Labute approximate surface area is 183 Å². The molecule has 2 unspecified atom stereocenters. The zero-order valence-corrected chi connectivity index (χ0v) is 18.9. The van der Waals surface area contributed by atoms with E-state index in [-0.39, 0.29) is 11.5 Å². The molecule has 2 aromatic carbocycles. The van der Waals surface area contributed by atoms with Crippen molar-refractivity contribution in [3.8, 4) is 28.7 Å². The molecule has 2 atom stereocenters. The first-order valence-corrected chi connectivity index (χ1v) is 10.6. The van der Waals surface area contributed by atoms with Crippen molar-refractivity contribution >= 4 is 22.8 Å². The van der Waals surface area contributed by atoms with E-state index in [0.717, 1.165) is 0 Å². The molecule has 0 saturated heterocycles. The fraction of sp³-hybridized carbons (Fsp3) is 0.318. The lowest BCUT2D eigenvalue weighted by Crippen LogP contribution is -2.23. The van der Waals surface area contributed by atoms with Crippen LogP contribution in [0.4, 0.5) is 0 Å². The van der Waals surface area contributed by atoms with Gasteiger partial charge in [-0.25, -0.2) is 4.79 Å². The van der Waals surface area contributed by atoms with Crippen LogP contribution in [0.5, 0.6) is 28.7 Å². The quantitative estimate of drug-likeness (QED) is 0.555. The number of aliphatic carboxylic acids is 1. The molecule has 0 amide bonds. The Morgan fingerprint density at radius 3 is 2.10 bits per heavy atom. The van der Waals surface area contributed by atoms with Gasteiger partial charge < -0.3 is 28.8 Å². The van der Waals surface area contributed by atoms with Gasteiger partial charge in [-0.15, -0.1) is 0 Å². The highest BCUT2D eigenvalue weighted by Gasteiger charge is 2.16. The highest BCUT2D eigenvalue weighted by atomic mass is 32.2. The first-order valence-electron chi connectivity index (χ1n) is 9.24. The van der Waals surface area contributed by atoms with Gasteiger partial charge in [-0.05, 0) is 30.7 Å². The summed E-state index contributed by atoms with van der Waals surface area (Å²) in [5.41, 5.74) is 1.33. The van der Waals surface area contributed by atoms with Crippen molar-refractivity contribution in [1.82, 2.24) is 0 Å². The van der Waals surface area contributed by atoms with Crippen LogP contribution >= 0.6 is 0 Å². The maximum atomic E-state index is 12.7. The van der Waals surface area contributed by atoms with Crippen LogP contribution in [-0.2, 0) is 21.3 Å². The van der Waals surface area contributed by atoms with E-state index in [1.54, 1.807) is 43.5 Å². The largest absolute Gasteiger partial charge is 0.496 e. The van der Waals surface area contributed by atoms with Gasteiger partial charge in [-0.1, -0.05) is 6.07 Å². The molecule has 2 rings (SSSR count). The Balaban J connectivity index is 2.23. The highest BCUT2D eigenvalue weighted by Crippen LogP contribution is 2.35. The minimum Gasteiger partial charge on any atom is -0.496 e. The number of carbonyl (C=O) groups is 1. The standard InChI is InChI=1S/C22H26O8S/c1-14(22(23)24)30-21-10-15(6-7-18(21)27-3)13-31(25)9-8-17-19(28-4)11-16(26-2)12-20(17)29-5/h6-12,14H,13H2,1-5H3,(H,23,24). The topological polar surface area (TPSA) is 101 Å². The van der Waals surface area contributed by atoms with E-state index >= 15 is 0 Å². The second-order valence-electron chi connectivity index (χ2n) is 6.36. The smallest absolute Gasteiger partial charge is 0.344 e. The Bertz CT molecular complexity index is 945. The summed E-state index contributed by atoms with van der Waals surface area (Å²) in [6.45, 7) is 1.42. The van der Waals surface area contributed by atoms with Crippen molar-refractivity contribution in [2.45, 2.75) is 18.8 Å². The Hall–Kier alpha value is -3.20. The van der Waals surface area contributed by atoms with E-state index in [2.05, 4.69) is 0 Å². The molecule has 31 heavy (non-hydrogen) atoms. The van der Waals surface area contributed by atoms with Crippen LogP contribution in [0.15, 0.2) is 35.7 Å². The summed E-state index contributed by atoms with van der Waals surface area (Å²) < 4.78 is 39.3. The molecule has 0 bridgehead atoms. The Kier molecular flexibility index (Phi) is 8.75. The number of carboxylic acids is 1. The number of benzene rings is 2. The predicted molar refractivity (Wildman–Crippen MR) is 118 cm³/mol. The molecule has 0 aliphatic carbocycles. The molecule has 0 aliphatic rings. The zero-order chi connectivity index (χ0) is 23.0. The first kappa shape index (κ1) is 24.1. The van der Waals surface area contributed by atoms with E-state index < -0.39 is 22.9 Å². The monoisotopic (exact) mass is 450 g/mol. The summed E-state index contributed by atoms with van der Waals surface area (Å²) in [6.07, 6.45) is 0.616. The normalized spacial score (nSPS) is 12.8. The molecular formula is C22H26O8S. The fourth-order valence-corrected chi connectivity index (χ4v) is 3.59. The number of hydrogen-bond donors (Lipinski definition) is 1. The summed E-state index contributed by atoms with van der Waals surface area (Å²) in [5.74, 6) is 1.38. The molecule has 0 spiro atoms. The molecule has 168 valence electrons. The lowest BCUT2D eigenvalue weighted by Gasteiger charge is -2.14. The minimum atomic E-state index is -1.37. The summed E-state index contributed by atoms with van der Waals surface area (Å²) in [4.78, 5) is 11.1. The molecule has 1 N–H and O–H groups in total. The lowest BCUT2D eigenvalue weighted by atomic mass is 10.1. The molecular weight excluding hydrogens is 424 g/mol. The van der Waals surface area contributed by atoms with Crippen molar-refractivity contribution < 1.29 is 37.8 Å². The molecule has 9 heteroatoms. The molecule has 0 radical (unpaired) electrons. The summed E-state index contributed by atoms with van der Waals surface area (Å²) in [5, 5.41) is 10.6. The van der Waals surface area contributed by atoms with E-state index in [9.17, 15) is 9.00 Å². The number of carboxylic acid groups (broad SMARTS) is 1. The third-order valence-corrected chi connectivity index (χ3v) is 5.39. The van der Waals surface area contributed by atoms with E-state index in [1.807, 2.05) is 0 Å². The van der Waals surface area contributed by atoms with Crippen molar-refractivity contribution in [1.29, 1.82) is 0 Å². The van der Waals surface area contributed by atoms with Gasteiger partial charge in [-0.3, -0.25) is 4.21 Å². The van der Waals surface area contributed by atoms with Gasteiger partial charge in [0.05, 0.1) is 50.6 Å². The number of ether oxygens (including phenoxy) is 5. The van der Waals surface area contributed by atoms with Gasteiger partial charge in [0.25, 0.3) is 0 Å². The van der Waals surface area contributed by atoms with Gasteiger partial charge in [0.1, 0.15) is 17.2 Å². The van der Waals surface area contributed by atoms with Gasteiger partial charge in [0.15, 0.2) is 17.6 Å². The maximum absolute atomic E-state index is 12.7. The predicted octanol–water partition coefficient (Wildman–Crippen LogP) is 3.49. The third-order valence-electron chi connectivity index (χ3n) is 4.33. The third kappa shape index (κ3) is 6.39. The van der Waals surface area contributed by atoms with Crippen molar-refractivity contribution in [2.24, 2.45) is 0 Å². The van der Waals surface area contributed by atoms with Crippen molar-refractivity contribution in [3.05, 3.63) is 46.9 Å². The fourth-order valence-electron chi connectivity index (χ4n) is 2.70. The maximum Gasteiger partial charge on any atom is 0.344 e. The molecule has 0 heterocycles. The van der Waals surface area contributed by atoms with Gasteiger partial charge >= 0.3 is 5.97 Å². The first-order chi connectivity index (χ1) is 14.8. The molecule has 0 saturated carbocycles. The van der Waals surface area contributed by atoms with Crippen molar-refractivity contribution in [2.75, 3.05) is 28.4 Å². The zero-order valence-electron chi connectivity index (χ0n) is 18.0. The second-order valence-corrected chi connectivity index (χ2v) is 7.68. The van der Waals surface area contributed by atoms with Gasteiger partial charge in [0.2, 0.25) is 0 Å². The van der Waals surface area contributed by atoms with Crippen LogP contribution in [0.25, 0.3) is 6.08 Å². The molecule has 2 aromatic rings. The molecule has 8 nitrogen and oxygen atoms in total. The van der Waals surface area contributed by atoms with E-state index in [0.29, 0.717) is 34.1 Å². The summed E-state index contributed by atoms with van der Waals surface area (Å²) in [7, 11) is 4.69. The Morgan fingerprint density at radius 2 is 1.58 bits per heavy atom.